The molecule has 0 aromatic rings. The number of Topliss-reactive ketones (excluding diaryl/α,β-unsaturated/α-hetero) is 1. The van der Waals surface area contributed by atoms with Gasteiger partial charge >= 0.3 is 17.9 Å². The van der Waals surface area contributed by atoms with Crippen LogP contribution in [0.15, 0.2) is 23.8 Å². The Labute approximate surface area is 197 Å². The minimum atomic E-state index is -2.27. The molecular weight excluding hydrogens is 448 g/mol. The summed E-state index contributed by atoms with van der Waals surface area (Å²) in [6.45, 7) is 11.2. The molecule has 0 amide bonds. The molecule has 0 aromatic carbocycles. The molecule has 8 unspecified atom stereocenters. The summed E-state index contributed by atoms with van der Waals surface area (Å²) in [6.07, 6.45) is -2.23. The first-order chi connectivity index (χ1) is 15.8. The highest BCUT2D eigenvalue weighted by atomic mass is 17.1. The summed E-state index contributed by atoms with van der Waals surface area (Å²) >= 11 is 0. The lowest BCUT2D eigenvalue weighted by molar-refractivity contribution is -0.287. The van der Waals surface area contributed by atoms with Gasteiger partial charge in [0.05, 0.1) is 17.3 Å². The molecule has 3 aliphatic rings. The molecule has 2 N–H and O–H groups in total. The van der Waals surface area contributed by atoms with E-state index in [-0.39, 0.29) is 18.4 Å². The average molecular weight is 481 g/mol. The van der Waals surface area contributed by atoms with Gasteiger partial charge in [-0.15, -0.1) is 0 Å². The van der Waals surface area contributed by atoms with E-state index in [1.54, 1.807) is 13.8 Å². The summed E-state index contributed by atoms with van der Waals surface area (Å²) in [5.41, 5.74) is -2.85. The number of ketones is 1. The van der Waals surface area contributed by atoms with Gasteiger partial charge in [-0.3, -0.25) is 24.4 Å². The zero-order chi connectivity index (χ0) is 25.6. The van der Waals surface area contributed by atoms with Crippen LogP contribution in [-0.2, 0) is 38.3 Å². The van der Waals surface area contributed by atoms with Gasteiger partial charge in [-0.05, 0) is 38.3 Å². The van der Waals surface area contributed by atoms with Gasteiger partial charge in [0.15, 0.2) is 17.5 Å². The van der Waals surface area contributed by atoms with Crippen molar-refractivity contribution in [1.29, 1.82) is 0 Å². The van der Waals surface area contributed by atoms with E-state index >= 15 is 0 Å². The molecule has 1 saturated carbocycles. The topological polar surface area (TPSA) is 146 Å². The van der Waals surface area contributed by atoms with Crippen molar-refractivity contribution in [2.75, 3.05) is 0 Å². The quantitative estimate of drug-likeness (QED) is 0.202. The third kappa shape index (κ3) is 4.08. The van der Waals surface area contributed by atoms with Gasteiger partial charge in [0, 0.05) is 20.3 Å². The van der Waals surface area contributed by atoms with Crippen LogP contribution in [0, 0.1) is 17.3 Å². The first-order valence-electron chi connectivity index (χ1n) is 11.3. The Balaban J connectivity index is 2.30. The van der Waals surface area contributed by atoms with E-state index < -0.39 is 71.0 Å². The summed E-state index contributed by atoms with van der Waals surface area (Å²) < 4.78 is 16.6. The van der Waals surface area contributed by atoms with E-state index in [2.05, 4.69) is 11.5 Å². The minimum Gasteiger partial charge on any atom is -0.462 e. The van der Waals surface area contributed by atoms with E-state index in [0.717, 1.165) is 0 Å². The molecule has 3 rings (SSSR count). The molecular formula is C24H32O10. The molecule has 1 saturated heterocycles. The number of carbonyl (C=O) groups excluding carboxylic acids is 4. The summed E-state index contributed by atoms with van der Waals surface area (Å²) in [7, 11) is 0. The molecule has 0 radical (unpaired) electrons. The number of hydrogen-bond acceptors (Lipinski definition) is 10. The molecule has 10 nitrogen and oxygen atoms in total. The Morgan fingerprint density at radius 3 is 2.32 bits per heavy atom. The Morgan fingerprint density at radius 2 is 1.76 bits per heavy atom. The number of carbonyl (C=O) groups is 4. The van der Waals surface area contributed by atoms with Crippen LogP contribution in [0.5, 0.6) is 0 Å². The number of hydrogen-bond donors (Lipinski definition) is 2. The average Bonchev–Trinajstić information content (AvgIpc) is 2.96. The van der Waals surface area contributed by atoms with Crippen LogP contribution in [0.4, 0.5) is 0 Å². The molecule has 34 heavy (non-hydrogen) atoms. The van der Waals surface area contributed by atoms with Gasteiger partial charge in [-0.25, -0.2) is 4.89 Å². The van der Waals surface area contributed by atoms with Crippen molar-refractivity contribution in [1.82, 2.24) is 0 Å². The second-order valence-corrected chi connectivity index (χ2v) is 9.72. The number of rotatable bonds is 3. The molecule has 1 heterocycles. The molecule has 10 heteroatoms. The molecule has 0 bridgehead atoms. The summed E-state index contributed by atoms with van der Waals surface area (Å²) in [6, 6.07) is 0. The number of fused-ring (bicyclic) bond motifs is 2. The number of aliphatic hydroxyl groups is 1. The van der Waals surface area contributed by atoms with E-state index in [4.69, 9.17) is 14.2 Å². The van der Waals surface area contributed by atoms with Crippen LogP contribution in [0.1, 0.15) is 53.9 Å². The fourth-order valence-corrected chi connectivity index (χ4v) is 5.59. The largest absolute Gasteiger partial charge is 0.462 e. The van der Waals surface area contributed by atoms with Crippen molar-refractivity contribution in [3.63, 3.8) is 0 Å². The smallest absolute Gasteiger partial charge is 0.312 e. The second kappa shape index (κ2) is 9.24. The van der Waals surface area contributed by atoms with Crippen molar-refractivity contribution in [2.24, 2.45) is 17.3 Å². The number of allylic oxidation sites excluding steroid dienone is 1. The molecule has 0 spiro atoms. The number of ether oxygens (including phenoxy) is 3. The Morgan fingerprint density at radius 1 is 1.18 bits per heavy atom. The van der Waals surface area contributed by atoms with Gasteiger partial charge in [0.2, 0.25) is 0 Å². The fraction of sp³-hybridized carbons (Fsp3) is 0.667. The van der Waals surface area contributed by atoms with Crippen LogP contribution < -0.4 is 0 Å². The predicted molar refractivity (Wildman–Crippen MR) is 116 cm³/mol. The molecule has 1 aliphatic heterocycles. The van der Waals surface area contributed by atoms with Crippen LogP contribution in [0.3, 0.4) is 0 Å². The maximum absolute atomic E-state index is 14.2. The van der Waals surface area contributed by atoms with Gasteiger partial charge in [0.1, 0.15) is 18.3 Å². The fourth-order valence-electron chi connectivity index (χ4n) is 5.59. The lowest BCUT2D eigenvalue weighted by Gasteiger charge is -2.53. The van der Waals surface area contributed by atoms with Crippen LogP contribution >= 0.6 is 0 Å². The lowest BCUT2D eigenvalue weighted by Crippen LogP contribution is -2.64. The zero-order valence-electron chi connectivity index (χ0n) is 20.0. The van der Waals surface area contributed by atoms with E-state index in [1.807, 2.05) is 0 Å². The highest BCUT2D eigenvalue weighted by molar-refractivity contribution is 5.99. The Hall–Kier alpha value is -2.56. The third-order valence-corrected chi connectivity index (χ3v) is 7.55. The first kappa shape index (κ1) is 26.1. The van der Waals surface area contributed by atoms with Crippen molar-refractivity contribution < 1.29 is 48.6 Å². The number of esters is 3. The predicted octanol–water partition coefficient (Wildman–Crippen LogP) is 1.89. The maximum atomic E-state index is 14.2. The van der Waals surface area contributed by atoms with E-state index in [1.165, 1.54) is 26.8 Å². The SMILES string of the molecule is C=C1C(OO)CC(OC(C)=O)C2(C)C(OC(C)=O)CCC(C)=CC3OC(=O)C(C)C3(O)C(=O)C12. The zero-order valence-corrected chi connectivity index (χ0v) is 20.0. The van der Waals surface area contributed by atoms with Gasteiger partial charge in [-0.2, -0.15) is 0 Å². The molecule has 2 fully saturated rings. The standard InChI is InChI=1S/C24H32O10/c1-11-7-8-17(31-14(4)25)23(6)18(32-15(5)26)10-16(34-30)12(2)20(23)21(27)24(29)13(3)22(28)33-19(24)9-11/h9,13,16-20,29-30H,2,7-8,10H2,1,3-6H3. The normalized spacial score (nSPS) is 40.4. The minimum absolute atomic E-state index is 0.0609. The van der Waals surface area contributed by atoms with Crippen LogP contribution in [-0.4, -0.2) is 64.1 Å². The molecule has 188 valence electrons. The molecule has 2 aliphatic carbocycles. The summed E-state index contributed by atoms with van der Waals surface area (Å²) in [4.78, 5) is 55.4. The first-order valence-corrected chi connectivity index (χ1v) is 11.3. The molecule has 0 aromatic heterocycles. The van der Waals surface area contributed by atoms with Crippen molar-refractivity contribution in [3.8, 4) is 0 Å². The maximum Gasteiger partial charge on any atom is 0.312 e. The Kier molecular flexibility index (Phi) is 7.08. The Bertz CT molecular complexity index is 938. The summed E-state index contributed by atoms with van der Waals surface area (Å²) in [5.74, 6) is -5.34. The van der Waals surface area contributed by atoms with Gasteiger partial charge in [-0.1, -0.05) is 19.1 Å². The lowest BCUT2D eigenvalue weighted by atomic mass is 9.55. The van der Waals surface area contributed by atoms with E-state index in [0.29, 0.717) is 12.0 Å². The van der Waals surface area contributed by atoms with Crippen LogP contribution in [0.2, 0.25) is 0 Å². The third-order valence-electron chi connectivity index (χ3n) is 7.55. The highest BCUT2D eigenvalue weighted by Crippen LogP contribution is 2.54. The monoisotopic (exact) mass is 480 g/mol. The molecule has 8 atom stereocenters. The van der Waals surface area contributed by atoms with Crippen molar-refractivity contribution in [3.05, 3.63) is 23.8 Å². The van der Waals surface area contributed by atoms with Gasteiger partial charge in [0.25, 0.3) is 0 Å². The highest BCUT2D eigenvalue weighted by Gasteiger charge is 2.67. The van der Waals surface area contributed by atoms with Crippen LogP contribution in [0.25, 0.3) is 0 Å². The van der Waals surface area contributed by atoms with Gasteiger partial charge < -0.3 is 19.3 Å². The summed E-state index contributed by atoms with van der Waals surface area (Å²) in [5, 5.41) is 21.3. The van der Waals surface area contributed by atoms with E-state index in [9.17, 15) is 29.5 Å². The second-order valence-electron chi connectivity index (χ2n) is 9.72. The van der Waals surface area contributed by atoms with Crippen molar-refractivity contribution in [2.45, 2.75) is 83.9 Å². The van der Waals surface area contributed by atoms with Crippen molar-refractivity contribution >= 4 is 23.7 Å².